The number of sulfone groups is 1. The van der Waals surface area contributed by atoms with Crippen molar-refractivity contribution in [2.45, 2.75) is 70.4 Å². The van der Waals surface area contributed by atoms with Crippen molar-refractivity contribution in [1.29, 1.82) is 0 Å². The Morgan fingerprint density at radius 2 is 2.03 bits per heavy atom. The molecule has 1 unspecified atom stereocenters. The van der Waals surface area contributed by atoms with Crippen molar-refractivity contribution in [3.05, 3.63) is 29.5 Å². The molecule has 0 N–H and O–H groups in total. The monoisotopic (exact) mass is 423 g/mol. The fourth-order valence-corrected chi connectivity index (χ4v) is 4.53. The van der Waals surface area contributed by atoms with Crippen LogP contribution >= 0.6 is 0 Å². The molecule has 0 bridgehead atoms. The van der Waals surface area contributed by atoms with E-state index in [9.17, 15) is 13.2 Å². The Bertz CT molecular complexity index is 1010. The summed E-state index contributed by atoms with van der Waals surface area (Å²) >= 11 is 0. The topological polar surface area (TPSA) is 83.8 Å². The number of rotatable bonds is 4. The summed E-state index contributed by atoms with van der Waals surface area (Å²) in [5.41, 5.74) is 1.19. The lowest BCUT2D eigenvalue weighted by Gasteiger charge is -2.23. The zero-order valence-electron chi connectivity index (χ0n) is 17.6. The zero-order chi connectivity index (χ0) is 21.4. The van der Waals surface area contributed by atoms with Crippen LogP contribution < -0.4 is 0 Å². The van der Waals surface area contributed by atoms with Crippen molar-refractivity contribution in [2.24, 2.45) is 0 Å². The third-order valence-electron chi connectivity index (χ3n) is 4.77. The number of fused-ring (bicyclic) bond motifs is 1. The van der Waals surface area contributed by atoms with Gasteiger partial charge in [-0.05, 0) is 64.7 Å². The van der Waals surface area contributed by atoms with Gasteiger partial charge in [-0.15, -0.1) is 0 Å². The van der Waals surface area contributed by atoms with Gasteiger partial charge in [-0.1, -0.05) is 0 Å². The van der Waals surface area contributed by atoms with Crippen LogP contribution in [-0.4, -0.2) is 43.8 Å². The van der Waals surface area contributed by atoms with Crippen molar-refractivity contribution in [3.8, 4) is 0 Å². The molecule has 1 aromatic heterocycles. The van der Waals surface area contributed by atoms with Gasteiger partial charge in [-0.2, -0.15) is 0 Å². The maximum Gasteiger partial charge on any atom is 0.419 e. The van der Waals surface area contributed by atoms with E-state index in [0.717, 1.165) is 19.3 Å². The van der Waals surface area contributed by atoms with Crippen molar-refractivity contribution >= 4 is 26.8 Å². The summed E-state index contributed by atoms with van der Waals surface area (Å²) in [7, 11) is -3.49. The molecular formula is C21H29NO6S. The third kappa shape index (κ3) is 4.99. The SMILES string of the molecule is Cc1cc(S(C)(=O)=O)c(COC2CCCCO2)c2ccn(C(=O)OC(C)(C)C)c12. The smallest absolute Gasteiger partial charge is 0.419 e. The summed E-state index contributed by atoms with van der Waals surface area (Å²) < 4.78 is 43.3. The summed E-state index contributed by atoms with van der Waals surface area (Å²) in [6, 6.07) is 3.33. The van der Waals surface area contributed by atoms with E-state index in [1.165, 1.54) is 10.8 Å². The fraction of sp³-hybridized carbons (Fsp3) is 0.571. The summed E-state index contributed by atoms with van der Waals surface area (Å²) in [5.74, 6) is 0. The molecule has 3 rings (SSSR count). The Labute approximate surface area is 171 Å². The molecule has 0 aliphatic carbocycles. The summed E-state index contributed by atoms with van der Waals surface area (Å²) in [6.45, 7) is 7.91. The number of nitrogens with zero attached hydrogens (tertiary/aromatic N) is 1. The lowest BCUT2D eigenvalue weighted by atomic mass is 10.1. The summed E-state index contributed by atoms with van der Waals surface area (Å²) in [5, 5.41) is 0.659. The average molecular weight is 424 g/mol. The van der Waals surface area contributed by atoms with E-state index in [-0.39, 0.29) is 17.8 Å². The molecule has 1 aromatic carbocycles. The van der Waals surface area contributed by atoms with Gasteiger partial charge < -0.3 is 14.2 Å². The second-order valence-corrected chi connectivity index (χ2v) is 10.5. The van der Waals surface area contributed by atoms with E-state index >= 15 is 0 Å². The molecule has 8 heteroatoms. The minimum absolute atomic E-state index is 0.0855. The Morgan fingerprint density at radius 3 is 2.62 bits per heavy atom. The van der Waals surface area contributed by atoms with Crippen molar-refractivity contribution in [2.75, 3.05) is 12.9 Å². The van der Waals surface area contributed by atoms with E-state index < -0.39 is 21.5 Å². The van der Waals surface area contributed by atoms with Crippen LogP contribution in [0.2, 0.25) is 0 Å². The van der Waals surface area contributed by atoms with Gasteiger partial charge in [0, 0.05) is 30.0 Å². The number of aryl methyl sites for hydroxylation is 1. The summed E-state index contributed by atoms with van der Waals surface area (Å²) in [6.07, 6.45) is 4.73. The first kappa shape index (κ1) is 21.8. The van der Waals surface area contributed by atoms with Gasteiger partial charge in [-0.25, -0.2) is 13.2 Å². The van der Waals surface area contributed by atoms with Gasteiger partial charge in [0.2, 0.25) is 0 Å². The quantitative estimate of drug-likeness (QED) is 0.734. The maximum absolute atomic E-state index is 12.7. The molecule has 0 radical (unpaired) electrons. The predicted octanol–water partition coefficient (Wildman–Crippen LogP) is 4.18. The normalized spacial score (nSPS) is 18.2. The first-order chi connectivity index (χ1) is 13.5. The number of carbonyl (C=O) groups is 1. The van der Waals surface area contributed by atoms with Crippen LogP contribution in [0.1, 0.15) is 51.2 Å². The molecule has 2 heterocycles. The number of hydrogen-bond donors (Lipinski definition) is 0. The molecule has 0 amide bonds. The number of ether oxygens (including phenoxy) is 3. The van der Waals surface area contributed by atoms with Crippen molar-refractivity contribution in [1.82, 2.24) is 4.57 Å². The second-order valence-electron chi connectivity index (χ2n) is 8.48. The minimum Gasteiger partial charge on any atom is -0.443 e. The van der Waals surface area contributed by atoms with Crippen LogP contribution in [0.5, 0.6) is 0 Å². The molecule has 160 valence electrons. The van der Waals surface area contributed by atoms with Gasteiger partial charge in [0.1, 0.15) is 5.60 Å². The van der Waals surface area contributed by atoms with E-state index in [2.05, 4.69) is 0 Å². The first-order valence-electron chi connectivity index (χ1n) is 9.77. The highest BCUT2D eigenvalue weighted by Crippen LogP contribution is 2.32. The molecule has 1 aliphatic rings. The molecule has 0 saturated carbocycles. The largest absolute Gasteiger partial charge is 0.443 e. The van der Waals surface area contributed by atoms with Crippen molar-refractivity contribution in [3.63, 3.8) is 0 Å². The zero-order valence-corrected chi connectivity index (χ0v) is 18.5. The Morgan fingerprint density at radius 1 is 1.31 bits per heavy atom. The Hall–Kier alpha value is -1.90. The molecule has 7 nitrogen and oxygen atoms in total. The molecule has 1 saturated heterocycles. The van der Waals surface area contributed by atoms with Gasteiger partial charge in [0.25, 0.3) is 0 Å². The highest BCUT2D eigenvalue weighted by Gasteiger charge is 2.25. The third-order valence-corrected chi connectivity index (χ3v) is 5.93. The highest BCUT2D eigenvalue weighted by atomic mass is 32.2. The second kappa shape index (κ2) is 8.08. The Kier molecular flexibility index (Phi) is 6.08. The van der Waals surface area contributed by atoms with Crippen LogP contribution in [-0.2, 0) is 30.7 Å². The minimum atomic E-state index is -3.49. The molecule has 1 fully saturated rings. The van der Waals surface area contributed by atoms with E-state index in [0.29, 0.717) is 28.6 Å². The number of aromatic nitrogens is 1. The predicted molar refractivity (Wildman–Crippen MR) is 110 cm³/mol. The standard InChI is InChI=1S/C21H29NO6S/c1-14-12-17(29(5,24)25)16(13-27-18-8-6-7-11-26-18)15-9-10-22(19(14)15)20(23)28-21(2,3)4/h9-10,12,18H,6-8,11,13H2,1-5H3. The van der Waals surface area contributed by atoms with E-state index in [4.69, 9.17) is 14.2 Å². The van der Waals surface area contributed by atoms with E-state index in [1.54, 1.807) is 46.0 Å². The number of carbonyl (C=O) groups excluding carboxylic acids is 1. The van der Waals surface area contributed by atoms with Gasteiger partial charge in [0.15, 0.2) is 16.1 Å². The average Bonchev–Trinajstić information content (AvgIpc) is 3.05. The first-order valence-corrected chi connectivity index (χ1v) is 11.7. The van der Waals surface area contributed by atoms with Crippen LogP contribution in [0, 0.1) is 6.92 Å². The summed E-state index contributed by atoms with van der Waals surface area (Å²) in [4.78, 5) is 12.9. The van der Waals surface area contributed by atoms with Crippen LogP contribution in [0.3, 0.4) is 0 Å². The molecule has 1 aliphatic heterocycles. The lowest BCUT2D eigenvalue weighted by molar-refractivity contribution is -0.169. The fourth-order valence-electron chi connectivity index (χ4n) is 3.52. The van der Waals surface area contributed by atoms with Gasteiger partial charge >= 0.3 is 6.09 Å². The van der Waals surface area contributed by atoms with Crippen LogP contribution in [0.25, 0.3) is 10.9 Å². The van der Waals surface area contributed by atoms with Crippen LogP contribution in [0.4, 0.5) is 4.79 Å². The number of benzene rings is 1. The molecule has 0 spiro atoms. The molecule has 1 atom stereocenters. The molecular weight excluding hydrogens is 394 g/mol. The van der Waals surface area contributed by atoms with E-state index in [1.807, 2.05) is 0 Å². The molecule has 29 heavy (non-hydrogen) atoms. The highest BCUT2D eigenvalue weighted by molar-refractivity contribution is 7.90. The van der Waals surface area contributed by atoms with Crippen LogP contribution in [0.15, 0.2) is 23.2 Å². The Balaban J connectivity index is 2.06. The maximum atomic E-state index is 12.7. The lowest BCUT2D eigenvalue weighted by Crippen LogP contribution is -2.27. The van der Waals surface area contributed by atoms with Gasteiger partial charge in [0.05, 0.1) is 17.0 Å². The molecule has 2 aromatic rings. The van der Waals surface area contributed by atoms with Crippen molar-refractivity contribution < 1.29 is 27.4 Å². The number of hydrogen-bond acceptors (Lipinski definition) is 6. The van der Waals surface area contributed by atoms with Gasteiger partial charge in [-0.3, -0.25) is 4.57 Å².